The molecule has 400 valence electrons. The summed E-state index contributed by atoms with van der Waals surface area (Å²) in [6.07, 6.45) is 0. The number of piperazine rings is 2. The zero-order chi connectivity index (χ0) is 54.1. The van der Waals surface area contributed by atoms with Gasteiger partial charge in [-0.15, -0.1) is 0 Å². The van der Waals surface area contributed by atoms with Crippen LogP contribution in [0.3, 0.4) is 0 Å². The largest absolute Gasteiger partial charge is 0.565 e. The Labute approximate surface area is 439 Å². The Kier molecular flexibility index (Phi) is 22.2. The van der Waals surface area contributed by atoms with Gasteiger partial charge in [0.05, 0.1) is 14.2 Å². The van der Waals surface area contributed by atoms with Crippen molar-refractivity contribution >= 4 is 95.0 Å². The Balaban J connectivity index is 0.000000272. The molecule has 22 nitrogen and oxygen atoms in total. The van der Waals surface area contributed by atoms with Gasteiger partial charge in [-0.2, -0.15) is 0 Å². The van der Waals surface area contributed by atoms with Crippen LogP contribution in [0.2, 0.25) is 0 Å². The maximum atomic E-state index is 12.9. The van der Waals surface area contributed by atoms with Crippen molar-refractivity contribution in [2.45, 2.75) is 39.8 Å². The number of benzene rings is 4. The number of hydrogen-bond donors (Lipinski definition) is 8. The quantitative estimate of drug-likeness (QED) is 0.0217. The SMILES string of the molecule is COc1cccc(C(=O)c2sc(Nc3ccc(N4CCN(C(C)C)CC4)cc3)nc2N)c1.COc1cccc(C(=O)c2sc(Nc3ccc(N4CCN(C(C)C)CC4)cc3)nc2N)c1.O=P(O)(O)O.O=[P+]([O-])OO.[HH]. The molecule has 1 unspecified atom stereocenters. The van der Waals surface area contributed by atoms with E-state index in [-0.39, 0.29) is 24.6 Å². The van der Waals surface area contributed by atoms with E-state index in [1.807, 2.05) is 24.3 Å². The van der Waals surface area contributed by atoms with Crippen LogP contribution in [0.5, 0.6) is 11.5 Å². The van der Waals surface area contributed by atoms with Crippen LogP contribution in [0, 0.1) is 0 Å². The number of carbonyl (C=O) groups excluding carboxylic acids is 2. The van der Waals surface area contributed by atoms with Gasteiger partial charge in [-0.25, -0.2) is 19.8 Å². The number of phosphoric acid groups is 1. The van der Waals surface area contributed by atoms with Crippen molar-refractivity contribution in [3.63, 3.8) is 0 Å². The van der Waals surface area contributed by atoms with Crippen LogP contribution in [0.1, 0.15) is 59.6 Å². The van der Waals surface area contributed by atoms with Gasteiger partial charge < -0.3 is 60.9 Å². The number of nitrogens with two attached hydrogens (primary N) is 2. The van der Waals surface area contributed by atoms with E-state index in [4.69, 9.17) is 54.9 Å². The summed E-state index contributed by atoms with van der Waals surface area (Å²) in [6.45, 7) is 17.4. The van der Waals surface area contributed by atoms with Gasteiger partial charge in [0.2, 0.25) is 11.6 Å². The lowest BCUT2D eigenvalue weighted by molar-refractivity contribution is -0.244. The molecule has 74 heavy (non-hydrogen) atoms. The first-order valence-corrected chi connectivity index (χ1v) is 27.3. The van der Waals surface area contributed by atoms with Gasteiger partial charge in [0.25, 0.3) is 0 Å². The maximum absolute atomic E-state index is 12.9. The van der Waals surface area contributed by atoms with E-state index < -0.39 is 16.1 Å². The predicted octanol–water partition coefficient (Wildman–Crippen LogP) is 7.29. The number of nitrogen functional groups attached to an aromatic ring is 2. The Hall–Kier alpha value is -6.11. The van der Waals surface area contributed by atoms with Crippen molar-refractivity contribution in [2.75, 3.05) is 98.5 Å². The highest BCUT2D eigenvalue weighted by Crippen LogP contribution is 2.33. The maximum Gasteiger partial charge on any atom is 0.521 e. The Morgan fingerprint density at radius 3 is 1.27 bits per heavy atom. The van der Waals surface area contributed by atoms with E-state index in [0.717, 1.165) is 63.7 Å². The summed E-state index contributed by atoms with van der Waals surface area (Å²) in [5.41, 5.74) is 17.4. The number of carbonyl (C=O) groups is 2. The van der Waals surface area contributed by atoms with E-state index >= 15 is 0 Å². The number of aromatic nitrogens is 2. The smallest absolute Gasteiger partial charge is 0.521 e. The molecule has 2 saturated heterocycles. The Bertz CT molecular complexity index is 2640. The third-order valence-electron chi connectivity index (χ3n) is 11.5. The van der Waals surface area contributed by atoms with Gasteiger partial charge in [0.1, 0.15) is 32.9 Å². The highest BCUT2D eigenvalue weighted by Gasteiger charge is 2.23. The van der Waals surface area contributed by atoms with E-state index in [9.17, 15) is 9.59 Å². The fourth-order valence-corrected chi connectivity index (χ4v) is 9.37. The number of rotatable bonds is 15. The van der Waals surface area contributed by atoms with Gasteiger partial charge in [0.15, 0.2) is 10.3 Å². The number of ketones is 2. The monoisotopic (exact) mass is 1100 g/mol. The summed E-state index contributed by atoms with van der Waals surface area (Å²) >= 11 is 2.50. The van der Waals surface area contributed by atoms with Crippen LogP contribution >= 0.6 is 38.8 Å². The van der Waals surface area contributed by atoms with Gasteiger partial charge in [0, 0.05) is 104 Å². The summed E-state index contributed by atoms with van der Waals surface area (Å²) in [6, 6.07) is 31.9. The third-order valence-corrected chi connectivity index (χ3v) is 13.6. The van der Waals surface area contributed by atoms with Crippen molar-refractivity contribution in [2.24, 2.45) is 0 Å². The van der Waals surface area contributed by atoms with E-state index in [1.54, 1.807) is 62.8 Å². The minimum Gasteiger partial charge on any atom is -0.565 e. The number of nitrogens with zero attached hydrogens (tertiary/aromatic N) is 6. The average molecular weight is 1100 g/mol. The second kappa shape index (κ2) is 28.0. The first-order chi connectivity index (χ1) is 35.1. The van der Waals surface area contributed by atoms with Crippen LogP contribution in [0.25, 0.3) is 0 Å². The molecule has 26 heteroatoms. The minimum absolute atomic E-state index is 0. The van der Waals surface area contributed by atoms with Crippen molar-refractivity contribution < 1.29 is 59.1 Å². The number of methoxy groups -OCH3 is 2. The van der Waals surface area contributed by atoms with E-state index in [2.05, 4.69) is 96.8 Å². The summed E-state index contributed by atoms with van der Waals surface area (Å²) in [7, 11) is -4.54. The molecule has 2 aliphatic heterocycles. The molecule has 4 heterocycles. The van der Waals surface area contributed by atoms with Crippen molar-refractivity contribution in [1.82, 2.24) is 19.8 Å². The lowest BCUT2D eigenvalue weighted by Crippen LogP contribution is -2.48. The normalized spacial score (nSPS) is 14.1. The van der Waals surface area contributed by atoms with Crippen molar-refractivity contribution in [1.29, 1.82) is 0 Å². The molecular formula is C48H64N10O12P2S2. The second-order valence-corrected chi connectivity index (χ2v) is 20.6. The minimum atomic E-state index is -4.64. The lowest BCUT2D eigenvalue weighted by Gasteiger charge is -2.38. The van der Waals surface area contributed by atoms with Crippen LogP contribution in [-0.2, 0) is 13.8 Å². The molecule has 0 spiro atoms. The molecule has 0 radical (unpaired) electrons. The number of thiazole rings is 2. The topological polar surface area (TPSA) is 315 Å². The molecule has 0 amide bonds. The fourth-order valence-electron chi connectivity index (χ4n) is 7.64. The summed E-state index contributed by atoms with van der Waals surface area (Å²) in [5.74, 6) is 1.38. The molecule has 4 aromatic carbocycles. The molecule has 2 aliphatic rings. The van der Waals surface area contributed by atoms with E-state index in [0.29, 0.717) is 54.7 Å². The highest BCUT2D eigenvalue weighted by molar-refractivity contribution is 7.45. The molecule has 10 N–H and O–H groups in total. The van der Waals surface area contributed by atoms with Gasteiger partial charge in [-0.3, -0.25) is 19.4 Å². The molecule has 2 aromatic heterocycles. The Morgan fingerprint density at radius 2 is 0.986 bits per heavy atom. The first kappa shape index (κ1) is 58.8. The molecular weight excluding hydrogens is 1030 g/mol. The molecule has 0 saturated carbocycles. The zero-order valence-electron chi connectivity index (χ0n) is 41.7. The molecule has 8 rings (SSSR count). The Morgan fingerprint density at radius 1 is 0.662 bits per heavy atom. The summed E-state index contributed by atoms with van der Waals surface area (Å²) in [5, 5.41) is 14.8. The molecule has 2 fully saturated rings. The van der Waals surface area contributed by atoms with Crippen molar-refractivity contribution in [3.8, 4) is 11.5 Å². The average Bonchev–Trinajstić information content (AvgIpc) is 3.95. The molecule has 0 aliphatic carbocycles. The molecule has 1 atom stereocenters. The van der Waals surface area contributed by atoms with Gasteiger partial charge >= 0.3 is 16.1 Å². The predicted molar refractivity (Wildman–Crippen MR) is 291 cm³/mol. The van der Waals surface area contributed by atoms with Crippen LogP contribution < -0.4 is 46.3 Å². The lowest BCUT2D eigenvalue weighted by atomic mass is 10.1. The molecule has 0 bridgehead atoms. The van der Waals surface area contributed by atoms with Gasteiger partial charge in [-0.05, 0) is 105 Å². The van der Waals surface area contributed by atoms with Crippen LogP contribution in [0.15, 0.2) is 97.1 Å². The van der Waals surface area contributed by atoms with Crippen LogP contribution in [0.4, 0.5) is 44.6 Å². The standard InChI is InChI=1S/2C24H29N5O2S.H3O4P.HO4P.H2/c2*1-16(2)28-11-13-29(14-12-28)19-9-7-18(8-10-19)26-24-27-23(25)22(32-24)21(30)17-5-4-6-20(15-17)31-3;1-5(2,3)4;1-4-5(2)3;/h2*4-10,15-16H,11-14,25H2,1-3H3,(H,26,27);(H3,1,2,3,4);1H;1H. The van der Waals surface area contributed by atoms with Crippen molar-refractivity contribution in [3.05, 3.63) is 118 Å². The zero-order valence-corrected chi connectivity index (χ0v) is 45.1. The fraction of sp³-hybridized carbons (Fsp3) is 0.333. The second-order valence-electron chi connectivity index (χ2n) is 17.0. The summed E-state index contributed by atoms with van der Waals surface area (Å²) in [4.78, 5) is 75.6. The van der Waals surface area contributed by atoms with Gasteiger partial charge in [-0.1, -0.05) is 46.9 Å². The van der Waals surface area contributed by atoms with Crippen LogP contribution in [-0.4, -0.2) is 130 Å². The third kappa shape index (κ3) is 18.1. The number of ether oxygens (including phenoxy) is 2. The summed E-state index contributed by atoms with van der Waals surface area (Å²) < 4.78 is 30.9. The highest BCUT2D eigenvalue weighted by atomic mass is 32.1. The number of anilines is 8. The van der Waals surface area contributed by atoms with E-state index in [1.165, 1.54) is 34.0 Å². The number of nitrogens with one attached hydrogen (secondary N) is 2. The number of hydrogen-bond acceptors (Lipinski definition) is 21. The first-order valence-electron chi connectivity index (χ1n) is 23.0. The molecule has 6 aromatic rings.